The first-order valence-electron chi connectivity index (χ1n) is 5.03. The molecule has 1 aromatic rings. The predicted molar refractivity (Wildman–Crippen MR) is 58.6 cm³/mol. The molecule has 84 valence electrons. The van der Waals surface area contributed by atoms with Crippen LogP contribution in [-0.4, -0.2) is 25.4 Å². The van der Waals surface area contributed by atoms with E-state index >= 15 is 0 Å². The second-order valence-electron chi connectivity index (χ2n) is 3.53. The number of rotatable bonds is 6. The Balaban J connectivity index is 2.49. The van der Waals surface area contributed by atoms with Gasteiger partial charge < -0.3 is 14.6 Å². The highest BCUT2D eigenvalue weighted by molar-refractivity contribution is 5.28. The van der Waals surface area contributed by atoms with E-state index in [2.05, 4.69) is 6.07 Å². The number of aliphatic hydroxyl groups excluding tert-OH is 1. The minimum absolute atomic E-state index is 0.0761. The number of aryl methyl sites for hydroxylation is 1. The third-order valence-electron chi connectivity index (χ3n) is 2.08. The molecule has 0 bridgehead atoms. The Morgan fingerprint density at radius 3 is 2.53 bits per heavy atom. The quantitative estimate of drug-likeness (QED) is 0.726. The van der Waals surface area contributed by atoms with Gasteiger partial charge in [0.2, 0.25) is 0 Å². The van der Waals surface area contributed by atoms with Gasteiger partial charge in [0.15, 0.2) is 0 Å². The summed E-state index contributed by atoms with van der Waals surface area (Å²) in [4.78, 5) is 0. The molecule has 0 aliphatic rings. The van der Waals surface area contributed by atoms with Gasteiger partial charge in [0.05, 0.1) is 26.4 Å². The number of ether oxygens (including phenoxy) is 2. The molecule has 0 atom stereocenters. The molecular weight excluding hydrogens is 192 g/mol. The van der Waals surface area contributed by atoms with E-state index in [1.807, 2.05) is 19.1 Å². The summed E-state index contributed by atoms with van der Waals surface area (Å²) in [6.45, 7) is 3.86. The molecule has 3 nitrogen and oxygen atoms in total. The van der Waals surface area contributed by atoms with Crippen molar-refractivity contribution in [3.8, 4) is 0 Å². The lowest BCUT2D eigenvalue weighted by molar-refractivity contribution is 0.0616. The molecule has 0 radical (unpaired) electrons. The summed E-state index contributed by atoms with van der Waals surface area (Å²) in [5, 5.41) is 9.04. The van der Waals surface area contributed by atoms with E-state index in [0.717, 1.165) is 16.7 Å². The topological polar surface area (TPSA) is 38.7 Å². The second-order valence-corrected chi connectivity index (χ2v) is 3.53. The van der Waals surface area contributed by atoms with Gasteiger partial charge in [-0.15, -0.1) is 0 Å². The maximum atomic E-state index is 9.04. The van der Waals surface area contributed by atoms with E-state index in [0.29, 0.717) is 19.8 Å². The van der Waals surface area contributed by atoms with Crippen molar-refractivity contribution in [3.05, 3.63) is 34.9 Å². The van der Waals surface area contributed by atoms with Crippen LogP contribution in [0.4, 0.5) is 0 Å². The zero-order valence-electron chi connectivity index (χ0n) is 9.32. The molecule has 0 aliphatic carbocycles. The van der Waals surface area contributed by atoms with Crippen LogP contribution in [0.2, 0.25) is 0 Å². The van der Waals surface area contributed by atoms with Crippen molar-refractivity contribution in [2.45, 2.75) is 20.1 Å². The van der Waals surface area contributed by atoms with Crippen molar-refractivity contribution in [2.24, 2.45) is 0 Å². The molecule has 1 rings (SSSR count). The monoisotopic (exact) mass is 210 g/mol. The van der Waals surface area contributed by atoms with Crippen LogP contribution in [0.3, 0.4) is 0 Å². The standard InChI is InChI=1S/C12H18O3/c1-10-5-11(8-13)7-12(6-10)9-15-4-3-14-2/h5-7,13H,3-4,8-9H2,1-2H3. The van der Waals surface area contributed by atoms with Crippen molar-refractivity contribution in [3.63, 3.8) is 0 Å². The minimum atomic E-state index is 0.0761. The van der Waals surface area contributed by atoms with Crippen LogP contribution >= 0.6 is 0 Å². The maximum absolute atomic E-state index is 9.04. The third-order valence-corrected chi connectivity index (χ3v) is 2.08. The minimum Gasteiger partial charge on any atom is -0.392 e. The van der Waals surface area contributed by atoms with Crippen LogP contribution in [0.15, 0.2) is 18.2 Å². The zero-order chi connectivity index (χ0) is 11.1. The fourth-order valence-corrected chi connectivity index (χ4v) is 1.45. The first-order valence-corrected chi connectivity index (χ1v) is 5.03. The van der Waals surface area contributed by atoms with Crippen LogP contribution in [0.5, 0.6) is 0 Å². The summed E-state index contributed by atoms with van der Waals surface area (Å²) < 4.78 is 10.3. The van der Waals surface area contributed by atoms with E-state index in [1.165, 1.54) is 0 Å². The fourth-order valence-electron chi connectivity index (χ4n) is 1.45. The van der Waals surface area contributed by atoms with Crippen LogP contribution in [0, 0.1) is 6.92 Å². The molecule has 0 aliphatic heterocycles. The molecule has 0 fully saturated rings. The Morgan fingerprint density at radius 1 is 1.13 bits per heavy atom. The Morgan fingerprint density at radius 2 is 1.87 bits per heavy atom. The van der Waals surface area contributed by atoms with Crippen LogP contribution < -0.4 is 0 Å². The number of aliphatic hydroxyl groups is 1. The summed E-state index contributed by atoms with van der Waals surface area (Å²) in [6, 6.07) is 5.99. The molecule has 0 spiro atoms. The summed E-state index contributed by atoms with van der Waals surface area (Å²) in [5.41, 5.74) is 3.17. The molecule has 15 heavy (non-hydrogen) atoms. The number of benzene rings is 1. The first kappa shape index (κ1) is 12.2. The van der Waals surface area contributed by atoms with Gasteiger partial charge in [0.25, 0.3) is 0 Å². The van der Waals surface area contributed by atoms with E-state index in [4.69, 9.17) is 14.6 Å². The van der Waals surface area contributed by atoms with Crippen molar-refractivity contribution in [1.29, 1.82) is 0 Å². The molecule has 0 amide bonds. The summed E-state index contributed by atoms with van der Waals surface area (Å²) >= 11 is 0. The van der Waals surface area contributed by atoms with Gasteiger partial charge in [-0.1, -0.05) is 23.8 Å². The fraction of sp³-hybridized carbons (Fsp3) is 0.500. The van der Waals surface area contributed by atoms with Gasteiger partial charge in [0.1, 0.15) is 0 Å². The number of methoxy groups -OCH3 is 1. The summed E-state index contributed by atoms with van der Waals surface area (Å²) in [7, 11) is 1.65. The lowest BCUT2D eigenvalue weighted by Crippen LogP contribution is -2.02. The molecule has 0 saturated heterocycles. The highest BCUT2D eigenvalue weighted by Gasteiger charge is 1.98. The molecule has 3 heteroatoms. The van der Waals surface area contributed by atoms with Gasteiger partial charge in [-0.3, -0.25) is 0 Å². The summed E-state index contributed by atoms with van der Waals surface area (Å²) in [5.74, 6) is 0. The average molecular weight is 210 g/mol. The van der Waals surface area contributed by atoms with Gasteiger partial charge in [-0.25, -0.2) is 0 Å². The van der Waals surface area contributed by atoms with E-state index < -0.39 is 0 Å². The van der Waals surface area contributed by atoms with Crippen LogP contribution in [0.1, 0.15) is 16.7 Å². The molecular formula is C12H18O3. The van der Waals surface area contributed by atoms with Gasteiger partial charge in [0, 0.05) is 7.11 Å². The van der Waals surface area contributed by atoms with E-state index in [-0.39, 0.29) is 6.61 Å². The number of hydrogen-bond acceptors (Lipinski definition) is 3. The highest BCUT2D eigenvalue weighted by Crippen LogP contribution is 2.10. The SMILES string of the molecule is COCCOCc1cc(C)cc(CO)c1. The first-order chi connectivity index (χ1) is 7.26. The molecule has 1 aromatic carbocycles. The summed E-state index contributed by atoms with van der Waals surface area (Å²) in [6.07, 6.45) is 0. The maximum Gasteiger partial charge on any atom is 0.0718 e. The van der Waals surface area contributed by atoms with Crippen LogP contribution in [-0.2, 0) is 22.7 Å². The largest absolute Gasteiger partial charge is 0.392 e. The Hall–Kier alpha value is -0.900. The van der Waals surface area contributed by atoms with Crippen molar-refractivity contribution >= 4 is 0 Å². The lowest BCUT2D eigenvalue weighted by Gasteiger charge is -2.07. The Labute approximate surface area is 90.6 Å². The van der Waals surface area contributed by atoms with Crippen molar-refractivity contribution in [1.82, 2.24) is 0 Å². The molecule has 1 N–H and O–H groups in total. The third kappa shape index (κ3) is 4.42. The predicted octanol–water partition coefficient (Wildman–Crippen LogP) is 1.65. The molecule has 0 unspecified atom stereocenters. The number of hydrogen-bond donors (Lipinski definition) is 1. The Bertz CT molecular complexity index is 297. The zero-order valence-corrected chi connectivity index (χ0v) is 9.32. The molecule has 0 saturated carbocycles. The van der Waals surface area contributed by atoms with Crippen molar-refractivity contribution < 1.29 is 14.6 Å². The van der Waals surface area contributed by atoms with Crippen LogP contribution in [0.25, 0.3) is 0 Å². The average Bonchev–Trinajstić information content (AvgIpc) is 2.23. The lowest BCUT2D eigenvalue weighted by atomic mass is 10.1. The second kappa shape index (κ2) is 6.56. The molecule has 0 heterocycles. The van der Waals surface area contributed by atoms with E-state index in [9.17, 15) is 0 Å². The van der Waals surface area contributed by atoms with Gasteiger partial charge >= 0.3 is 0 Å². The highest BCUT2D eigenvalue weighted by atomic mass is 16.5. The van der Waals surface area contributed by atoms with Gasteiger partial charge in [-0.2, -0.15) is 0 Å². The van der Waals surface area contributed by atoms with Gasteiger partial charge in [-0.05, 0) is 18.1 Å². The Kier molecular flexibility index (Phi) is 5.32. The van der Waals surface area contributed by atoms with Crippen molar-refractivity contribution in [2.75, 3.05) is 20.3 Å². The molecule has 0 aromatic heterocycles. The smallest absolute Gasteiger partial charge is 0.0718 e. The normalized spacial score (nSPS) is 10.6. The van der Waals surface area contributed by atoms with E-state index in [1.54, 1.807) is 7.11 Å².